The largest absolute Gasteiger partial charge is 0.379 e. The number of aliphatic imine (C=N–C) groups is 1. The lowest BCUT2D eigenvalue weighted by atomic mass is 10.0. The second-order valence-electron chi connectivity index (χ2n) is 7.80. The highest BCUT2D eigenvalue weighted by molar-refractivity contribution is 5.79. The number of guanidine groups is 1. The van der Waals surface area contributed by atoms with Crippen molar-refractivity contribution < 1.29 is 4.74 Å². The molecule has 0 bridgehead atoms. The van der Waals surface area contributed by atoms with Crippen molar-refractivity contribution in [1.29, 1.82) is 0 Å². The van der Waals surface area contributed by atoms with E-state index in [0.29, 0.717) is 18.5 Å². The van der Waals surface area contributed by atoms with Gasteiger partial charge in [0.05, 0.1) is 13.2 Å². The van der Waals surface area contributed by atoms with E-state index < -0.39 is 0 Å². The highest BCUT2D eigenvalue weighted by Gasteiger charge is 2.22. The summed E-state index contributed by atoms with van der Waals surface area (Å²) in [7, 11) is 0. The molecule has 0 radical (unpaired) electrons. The highest BCUT2D eigenvalue weighted by atomic mass is 16.5. The average Bonchev–Trinajstić information content (AvgIpc) is 3.27. The third-order valence-electron chi connectivity index (χ3n) is 5.22. The maximum atomic E-state index is 5.52. The van der Waals surface area contributed by atoms with Crippen LogP contribution in [0.25, 0.3) is 0 Å². The van der Waals surface area contributed by atoms with Gasteiger partial charge in [-0.3, -0.25) is 4.90 Å². The number of aromatic nitrogens is 3. The zero-order valence-corrected chi connectivity index (χ0v) is 17.1. The van der Waals surface area contributed by atoms with Gasteiger partial charge in [-0.2, -0.15) is 0 Å². The third-order valence-corrected chi connectivity index (χ3v) is 5.22. The van der Waals surface area contributed by atoms with Gasteiger partial charge in [0, 0.05) is 45.2 Å². The molecule has 152 valence electrons. The lowest BCUT2D eigenvalue weighted by Gasteiger charge is -2.35. The Morgan fingerprint density at radius 1 is 1.19 bits per heavy atom. The first-order chi connectivity index (χ1) is 13.2. The van der Waals surface area contributed by atoms with Crippen molar-refractivity contribution >= 4 is 5.96 Å². The standard InChI is InChI=1S/C19H35N7O/c1-4-20-19(22-14-18-24-23-17-6-5-7-26(17)18)21-13-16(12-15(2)3)25-8-10-27-11-9-25/h15-16H,4-14H2,1-3H3,(H2,20,21,22). The number of nitrogens with zero attached hydrogens (tertiary/aromatic N) is 5. The Bertz CT molecular complexity index is 607. The Balaban J connectivity index is 1.59. The Morgan fingerprint density at radius 3 is 2.74 bits per heavy atom. The van der Waals surface area contributed by atoms with Gasteiger partial charge in [-0.05, 0) is 25.7 Å². The van der Waals surface area contributed by atoms with Crippen LogP contribution in [-0.4, -0.2) is 71.1 Å². The third kappa shape index (κ3) is 5.65. The number of hydrogen-bond donors (Lipinski definition) is 2. The van der Waals surface area contributed by atoms with Gasteiger partial charge >= 0.3 is 0 Å². The number of nitrogens with one attached hydrogen (secondary N) is 2. The molecule has 1 aromatic heterocycles. The number of aryl methyl sites for hydroxylation is 1. The fourth-order valence-corrected chi connectivity index (χ4v) is 3.88. The lowest BCUT2D eigenvalue weighted by molar-refractivity contribution is 0.0132. The van der Waals surface area contributed by atoms with Gasteiger partial charge < -0.3 is 19.9 Å². The molecular weight excluding hydrogens is 342 g/mol. The first-order valence-corrected chi connectivity index (χ1v) is 10.4. The summed E-state index contributed by atoms with van der Waals surface area (Å²) in [5.74, 6) is 3.58. The van der Waals surface area contributed by atoms with E-state index in [1.165, 1.54) is 6.42 Å². The Morgan fingerprint density at radius 2 is 2.00 bits per heavy atom. The molecule has 1 aromatic rings. The molecule has 0 saturated carbocycles. The van der Waals surface area contributed by atoms with Crippen LogP contribution in [0.15, 0.2) is 4.99 Å². The second kappa shape index (κ2) is 10.0. The van der Waals surface area contributed by atoms with Crippen LogP contribution in [0.5, 0.6) is 0 Å². The summed E-state index contributed by atoms with van der Waals surface area (Å²) in [6.07, 6.45) is 3.37. The highest BCUT2D eigenvalue weighted by Crippen LogP contribution is 2.15. The topological polar surface area (TPSA) is 79.6 Å². The molecule has 1 saturated heterocycles. The van der Waals surface area contributed by atoms with Crippen LogP contribution in [0.2, 0.25) is 0 Å². The van der Waals surface area contributed by atoms with E-state index in [2.05, 4.69) is 51.1 Å². The summed E-state index contributed by atoms with van der Waals surface area (Å²) in [4.78, 5) is 7.30. The van der Waals surface area contributed by atoms with Crippen molar-refractivity contribution in [2.24, 2.45) is 10.9 Å². The van der Waals surface area contributed by atoms with Gasteiger partial charge in [0.25, 0.3) is 0 Å². The molecule has 0 aliphatic carbocycles. The van der Waals surface area contributed by atoms with Crippen molar-refractivity contribution in [2.75, 3.05) is 39.4 Å². The fraction of sp³-hybridized carbons (Fsp3) is 0.842. The van der Waals surface area contributed by atoms with Crippen LogP contribution < -0.4 is 10.6 Å². The number of morpholine rings is 1. The summed E-state index contributed by atoms with van der Waals surface area (Å²) < 4.78 is 7.73. The van der Waals surface area contributed by atoms with Crippen LogP contribution in [0.1, 0.15) is 45.3 Å². The van der Waals surface area contributed by atoms with Crippen molar-refractivity contribution in [3.05, 3.63) is 11.6 Å². The van der Waals surface area contributed by atoms with Crippen LogP contribution in [0.3, 0.4) is 0 Å². The molecule has 0 amide bonds. The van der Waals surface area contributed by atoms with Gasteiger partial charge in [0.2, 0.25) is 0 Å². The summed E-state index contributed by atoms with van der Waals surface area (Å²) in [6.45, 7) is 13.7. The summed E-state index contributed by atoms with van der Waals surface area (Å²) >= 11 is 0. The minimum absolute atomic E-state index is 0.495. The number of ether oxygens (including phenoxy) is 1. The van der Waals surface area contributed by atoms with E-state index >= 15 is 0 Å². The van der Waals surface area contributed by atoms with Gasteiger partial charge in [-0.1, -0.05) is 13.8 Å². The molecule has 2 aliphatic heterocycles. The van der Waals surface area contributed by atoms with E-state index in [0.717, 1.165) is 76.4 Å². The monoisotopic (exact) mass is 377 g/mol. The summed E-state index contributed by atoms with van der Waals surface area (Å²) in [5.41, 5.74) is 0. The minimum Gasteiger partial charge on any atom is -0.379 e. The maximum Gasteiger partial charge on any atom is 0.191 e. The molecule has 2 aliphatic rings. The normalized spacial score (nSPS) is 19.3. The van der Waals surface area contributed by atoms with E-state index in [9.17, 15) is 0 Å². The van der Waals surface area contributed by atoms with Gasteiger partial charge in [-0.15, -0.1) is 10.2 Å². The number of rotatable bonds is 8. The van der Waals surface area contributed by atoms with Crippen molar-refractivity contribution in [3.63, 3.8) is 0 Å². The van der Waals surface area contributed by atoms with E-state index in [-0.39, 0.29) is 0 Å². The molecule has 27 heavy (non-hydrogen) atoms. The smallest absolute Gasteiger partial charge is 0.191 e. The Labute approximate surface area is 162 Å². The van der Waals surface area contributed by atoms with Crippen LogP contribution in [0, 0.1) is 5.92 Å². The molecule has 3 heterocycles. The molecule has 2 N–H and O–H groups in total. The molecule has 1 atom stereocenters. The predicted octanol–water partition coefficient (Wildman–Crippen LogP) is 1.03. The SMILES string of the molecule is CCNC(=NCc1nnc2n1CCC2)NCC(CC(C)C)N1CCOCC1. The maximum absolute atomic E-state index is 5.52. The van der Waals surface area contributed by atoms with E-state index in [1.54, 1.807) is 0 Å². The van der Waals surface area contributed by atoms with Crippen molar-refractivity contribution in [1.82, 2.24) is 30.3 Å². The van der Waals surface area contributed by atoms with E-state index in [4.69, 9.17) is 9.73 Å². The molecule has 8 heteroatoms. The Hall–Kier alpha value is -1.67. The minimum atomic E-state index is 0.495. The molecule has 1 unspecified atom stereocenters. The zero-order chi connectivity index (χ0) is 19.1. The van der Waals surface area contributed by atoms with Crippen LogP contribution in [0.4, 0.5) is 0 Å². The molecular formula is C19H35N7O. The van der Waals surface area contributed by atoms with Crippen LogP contribution in [-0.2, 0) is 24.2 Å². The molecule has 0 aromatic carbocycles. The van der Waals surface area contributed by atoms with Crippen molar-refractivity contribution in [3.8, 4) is 0 Å². The van der Waals surface area contributed by atoms with Crippen LogP contribution >= 0.6 is 0 Å². The van der Waals surface area contributed by atoms with Gasteiger partial charge in [0.15, 0.2) is 11.8 Å². The summed E-state index contributed by atoms with van der Waals surface area (Å²) in [5, 5.41) is 15.5. The quantitative estimate of drug-likeness (QED) is 0.520. The number of fused-ring (bicyclic) bond motifs is 1. The first kappa shape index (κ1) is 20.1. The second-order valence-corrected chi connectivity index (χ2v) is 7.80. The lowest BCUT2D eigenvalue weighted by Crippen LogP contribution is -2.51. The molecule has 1 fully saturated rings. The zero-order valence-electron chi connectivity index (χ0n) is 17.1. The van der Waals surface area contributed by atoms with Gasteiger partial charge in [0.1, 0.15) is 12.4 Å². The fourth-order valence-electron chi connectivity index (χ4n) is 3.88. The van der Waals surface area contributed by atoms with Crippen molar-refractivity contribution in [2.45, 2.75) is 59.2 Å². The van der Waals surface area contributed by atoms with Gasteiger partial charge in [-0.25, -0.2) is 4.99 Å². The Kier molecular flexibility index (Phi) is 7.46. The molecule has 3 rings (SSSR count). The molecule has 8 nitrogen and oxygen atoms in total. The predicted molar refractivity (Wildman–Crippen MR) is 107 cm³/mol. The summed E-state index contributed by atoms with van der Waals surface area (Å²) in [6, 6.07) is 0.495. The van der Waals surface area contributed by atoms with E-state index in [1.807, 2.05) is 0 Å². The average molecular weight is 378 g/mol. The first-order valence-electron chi connectivity index (χ1n) is 10.4. The number of hydrogen-bond acceptors (Lipinski definition) is 5. The molecule has 0 spiro atoms.